The van der Waals surface area contributed by atoms with E-state index >= 15 is 0 Å². The number of hydrogen-bond acceptors (Lipinski definition) is 5. The van der Waals surface area contributed by atoms with E-state index in [1.807, 2.05) is 43.0 Å². The molecule has 2 aromatic rings. The fourth-order valence-electron chi connectivity index (χ4n) is 3.40. The van der Waals surface area contributed by atoms with Crippen LogP contribution in [0.2, 0.25) is 0 Å². The maximum Gasteiger partial charge on any atom is 0.244 e. The molecule has 6 nitrogen and oxygen atoms in total. The number of amides is 1. The number of benzene rings is 1. The number of nitrogens with two attached hydrogens (primary N) is 1. The molecule has 1 amide bonds. The number of rotatable bonds is 5. The lowest BCUT2D eigenvalue weighted by molar-refractivity contribution is -0.124. The summed E-state index contributed by atoms with van der Waals surface area (Å²) in [5.74, 6) is -0.432. The van der Waals surface area contributed by atoms with Gasteiger partial charge in [0.25, 0.3) is 0 Å². The SMILES string of the molecule is Cc1cc(S(=O)(=O)N2CCN(C(C(N)=O)c3ccc(Br)cc3)CC2)c(C)s1. The highest BCUT2D eigenvalue weighted by molar-refractivity contribution is 9.10. The molecule has 0 bridgehead atoms. The molecule has 0 saturated carbocycles. The molecule has 1 saturated heterocycles. The first-order valence-electron chi connectivity index (χ1n) is 8.56. The molecule has 1 aliphatic rings. The minimum atomic E-state index is -3.52. The molecule has 27 heavy (non-hydrogen) atoms. The summed E-state index contributed by atoms with van der Waals surface area (Å²) in [7, 11) is -3.52. The number of piperazine rings is 1. The van der Waals surface area contributed by atoms with E-state index in [9.17, 15) is 13.2 Å². The Hall–Kier alpha value is -1.26. The van der Waals surface area contributed by atoms with Crippen molar-refractivity contribution in [2.24, 2.45) is 5.73 Å². The largest absolute Gasteiger partial charge is 0.368 e. The number of primary amides is 1. The third kappa shape index (κ3) is 4.27. The van der Waals surface area contributed by atoms with Crippen LogP contribution in [0.5, 0.6) is 0 Å². The fourth-order valence-corrected chi connectivity index (χ4v) is 6.62. The van der Waals surface area contributed by atoms with Crippen LogP contribution in [0.4, 0.5) is 0 Å². The molecule has 1 fully saturated rings. The zero-order chi connectivity index (χ0) is 19.8. The van der Waals surface area contributed by atoms with Crippen molar-refractivity contribution in [3.63, 3.8) is 0 Å². The number of aryl methyl sites for hydroxylation is 2. The minimum absolute atomic E-state index is 0.330. The summed E-state index contributed by atoms with van der Waals surface area (Å²) in [5, 5.41) is 0. The second kappa shape index (κ2) is 8.00. The Kier molecular flexibility index (Phi) is 6.07. The zero-order valence-corrected chi connectivity index (χ0v) is 18.4. The average Bonchev–Trinajstić information content (AvgIpc) is 2.96. The van der Waals surface area contributed by atoms with Gasteiger partial charge in [0.1, 0.15) is 6.04 Å². The molecule has 1 aliphatic heterocycles. The minimum Gasteiger partial charge on any atom is -0.368 e. The smallest absolute Gasteiger partial charge is 0.244 e. The molecule has 2 heterocycles. The highest BCUT2D eigenvalue weighted by atomic mass is 79.9. The number of carbonyl (C=O) groups excluding carboxylic acids is 1. The summed E-state index contributed by atoms with van der Waals surface area (Å²) < 4.78 is 28.3. The molecule has 0 aliphatic carbocycles. The van der Waals surface area contributed by atoms with Crippen LogP contribution in [0.25, 0.3) is 0 Å². The van der Waals surface area contributed by atoms with Crippen LogP contribution in [-0.2, 0) is 14.8 Å². The highest BCUT2D eigenvalue weighted by Gasteiger charge is 2.34. The Labute approximate surface area is 172 Å². The lowest BCUT2D eigenvalue weighted by atomic mass is 10.0. The van der Waals surface area contributed by atoms with Gasteiger partial charge in [-0.15, -0.1) is 11.3 Å². The number of nitrogens with zero attached hydrogens (tertiary/aromatic N) is 2. The molecule has 0 radical (unpaired) electrons. The number of sulfonamides is 1. The van der Waals surface area contributed by atoms with Crippen molar-refractivity contribution in [3.05, 3.63) is 50.1 Å². The van der Waals surface area contributed by atoms with Crippen molar-refractivity contribution in [3.8, 4) is 0 Å². The van der Waals surface area contributed by atoms with Gasteiger partial charge in [-0.25, -0.2) is 8.42 Å². The maximum atomic E-state index is 13.0. The Balaban J connectivity index is 1.76. The third-order valence-corrected chi connectivity index (χ3v) is 8.36. The first-order chi connectivity index (χ1) is 12.7. The lowest BCUT2D eigenvalue weighted by Gasteiger charge is -2.37. The summed E-state index contributed by atoms with van der Waals surface area (Å²) >= 11 is 4.87. The highest BCUT2D eigenvalue weighted by Crippen LogP contribution is 2.30. The fraction of sp³-hybridized carbons (Fsp3) is 0.389. The van der Waals surface area contributed by atoms with E-state index in [-0.39, 0.29) is 0 Å². The monoisotopic (exact) mass is 471 g/mol. The van der Waals surface area contributed by atoms with Crippen molar-refractivity contribution >= 4 is 43.2 Å². The molecule has 1 aromatic carbocycles. The summed E-state index contributed by atoms with van der Waals surface area (Å²) in [6.07, 6.45) is 0. The van der Waals surface area contributed by atoms with E-state index in [0.717, 1.165) is 19.8 Å². The summed E-state index contributed by atoms with van der Waals surface area (Å²) in [6.45, 7) is 5.30. The van der Waals surface area contributed by atoms with Gasteiger partial charge in [-0.05, 0) is 37.6 Å². The van der Waals surface area contributed by atoms with Crippen molar-refractivity contribution in [1.82, 2.24) is 9.21 Å². The third-order valence-electron chi connectivity index (χ3n) is 4.71. The van der Waals surface area contributed by atoms with Gasteiger partial charge in [0.15, 0.2) is 0 Å². The van der Waals surface area contributed by atoms with Gasteiger partial charge in [-0.1, -0.05) is 28.1 Å². The lowest BCUT2D eigenvalue weighted by Crippen LogP contribution is -2.51. The van der Waals surface area contributed by atoms with E-state index in [0.29, 0.717) is 31.1 Å². The van der Waals surface area contributed by atoms with E-state index < -0.39 is 22.0 Å². The Bertz CT molecular complexity index is 933. The van der Waals surface area contributed by atoms with Crippen molar-refractivity contribution in [2.45, 2.75) is 24.8 Å². The first kappa shape index (κ1) is 20.5. The Morgan fingerprint density at radius 2 is 1.74 bits per heavy atom. The molecule has 0 spiro atoms. The number of halogens is 1. The predicted molar refractivity (Wildman–Crippen MR) is 110 cm³/mol. The van der Waals surface area contributed by atoms with Crippen LogP contribution >= 0.6 is 27.3 Å². The van der Waals surface area contributed by atoms with Crippen molar-refractivity contribution in [2.75, 3.05) is 26.2 Å². The Morgan fingerprint density at radius 1 is 1.15 bits per heavy atom. The predicted octanol–water partition coefficient (Wildman–Crippen LogP) is 2.66. The van der Waals surface area contributed by atoms with Gasteiger partial charge < -0.3 is 5.73 Å². The molecule has 2 N–H and O–H groups in total. The van der Waals surface area contributed by atoms with Gasteiger partial charge in [0.2, 0.25) is 15.9 Å². The number of carbonyl (C=O) groups is 1. The molecule has 3 rings (SSSR count). The summed E-state index contributed by atoms with van der Waals surface area (Å²) in [5.41, 5.74) is 6.46. The van der Waals surface area contributed by atoms with Gasteiger partial charge in [-0.2, -0.15) is 4.31 Å². The van der Waals surface area contributed by atoms with Crippen LogP contribution in [-0.4, -0.2) is 49.7 Å². The van der Waals surface area contributed by atoms with Gasteiger partial charge >= 0.3 is 0 Å². The van der Waals surface area contributed by atoms with Gasteiger partial charge in [0.05, 0.1) is 4.90 Å². The quantitative estimate of drug-likeness (QED) is 0.726. The molecule has 1 atom stereocenters. The standard InChI is InChI=1S/C18H22BrN3O3S2/c1-12-11-16(13(2)26-12)27(24,25)22-9-7-21(8-10-22)17(18(20)23)14-3-5-15(19)6-4-14/h3-6,11,17H,7-10H2,1-2H3,(H2,20,23). The molecular formula is C18H22BrN3O3S2. The molecular weight excluding hydrogens is 450 g/mol. The van der Waals surface area contributed by atoms with E-state index in [1.165, 1.54) is 15.6 Å². The summed E-state index contributed by atoms with van der Waals surface area (Å²) in [4.78, 5) is 16.2. The second-order valence-corrected chi connectivity index (χ2v) is 10.9. The Morgan fingerprint density at radius 3 is 2.22 bits per heavy atom. The first-order valence-corrected chi connectivity index (χ1v) is 11.6. The number of hydrogen-bond donors (Lipinski definition) is 1. The molecule has 9 heteroatoms. The van der Waals surface area contributed by atoms with Crippen LogP contribution in [0, 0.1) is 13.8 Å². The van der Waals surface area contributed by atoms with E-state index in [2.05, 4.69) is 15.9 Å². The second-order valence-electron chi connectivity index (χ2n) is 6.57. The van der Waals surface area contributed by atoms with Crippen LogP contribution in [0.15, 0.2) is 39.7 Å². The van der Waals surface area contributed by atoms with Crippen LogP contribution in [0.3, 0.4) is 0 Å². The van der Waals surface area contributed by atoms with Crippen LogP contribution in [0.1, 0.15) is 21.4 Å². The zero-order valence-electron chi connectivity index (χ0n) is 15.2. The van der Waals surface area contributed by atoms with Gasteiger partial charge in [0, 0.05) is 40.4 Å². The van der Waals surface area contributed by atoms with E-state index in [1.54, 1.807) is 6.07 Å². The average molecular weight is 472 g/mol. The molecule has 1 unspecified atom stereocenters. The topological polar surface area (TPSA) is 83.7 Å². The summed E-state index contributed by atoms with van der Waals surface area (Å²) in [6, 6.07) is 8.63. The van der Waals surface area contributed by atoms with Crippen molar-refractivity contribution in [1.29, 1.82) is 0 Å². The number of thiophene rings is 1. The normalized spacial score (nSPS) is 17.7. The molecule has 146 valence electrons. The van der Waals surface area contributed by atoms with Crippen LogP contribution < -0.4 is 5.73 Å². The van der Waals surface area contributed by atoms with E-state index in [4.69, 9.17) is 5.73 Å². The maximum absolute atomic E-state index is 13.0. The van der Waals surface area contributed by atoms with Crippen molar-refractivity contribution < 1.29 is 13.2 Å². The molecule has 1 aromatic heterocycles. The van der Waals surface area contributed by atoms with Gasteiger partial charge in [-0.3, -0.25) is 9.69 Å².